The Morgan fingerprint density at radius 2 is 1.44 bits per heavy atom. The lowest BCUT2D eigenvalue weighted by Crippen LogP contribution is -2.26. The number of thioether (sulfide) groups is 1. The first-order chi connectivity index (χ1) is 16.8. The van der Waals surface area contributed by atoms with Gasteiger partial charge in [0.2, 0.25) is 0 Å². The first-order valence-corrected chi connectivity index (χ1v) is 12.8. The summed E-state index contributed by atoms with van der Waals surface area (Å²) in [6.07, 6.45) is 2.48. The maximum absolute atomic E-state index is 12.5. The Labute approximate surface area is 208 Å². The third-order valence-electron chi connectivity index (χ3n) is 5.44. The van der Waals surface area contributed by atoms with Gasteiger partial charge in [-0.25, -0.2) is 4.98 Å². The Morgan fingerprint density at radius 1 is 0.912 bits per heavy atom. The minimum absolute atomic E-state index is 0.0429. The van der Waals surface area contributed by atoms with Gasteiger partial charge in [-0.05, 0) is 34.6 Å². The van der Waals surface area contributed by atoms with E-state index in [1.54, 1.807) is 17.3 Å². The molecule has 1 aromatic heterocycles. The van der Waals surface area contributed by atoms with E-state index < -0.39 is 4.75 Å². The summed E-state index contributed by atoms with van der Waals surface area (Å²) in [6.45, 7) is 0.463. The number of amides is 1. The molecule has 0 aliphatic rings. The molecule has 0 fully saturated rings. The number of hydrogen-bond donors (Lipinski definition) is 2. The second-order valence-corrected chi connectivity index (χ2v) is 9.60. The summed E-state index contributed by atoms with van der Waals surface area (Å²) in [5.41, 5.74) is 5.61. The van der Waals surface area contributed by atoms with Crippen molar-refractivity contribution in [1.82, 2.24) is 10.3 Å². The Kier molecular flexibility index (Phi) is 8.31. The molecule has 3 aromatic carbocycles. The van der Waals surface area contributed by atoms with E-state index in [-0.39, 0.29) is 12.5 Å². The Bertz CT molecular complexity index is 1110. The molecule has 172 valence electrons. The molecular formula is C28H26N2O2S2. The highest BCUT2D eigenvalue weighted by atomic mass is 32.2. The highest BCUT2D eigenvalue weighted by Crippen LogP contribution is 2.49. The van der Waals surface area contributed by atoms with E-state index in [1.165, 1.54) is 28.0 Å². The fourth-order valence-electron chi connectivity index (χ4n) is 3.83. The second kappa shape index (κ2) is 11.8. The number of aliphatic hydroxyl groups is 1. The first kappa shape index (κ1) is 24.0. The van der Waals surface area contributed by atoms with Crippen LogP contribution < -0.4 is 5.32 Å². The van der Waals surface area contributed by atoms with Crippen LogP contribution in [-0.2, 0) is 4.75 Å². The molecule has 0 saturated carbocycles. The van der Waals surface area contributed by atoms with Crippen molar-refractivity contribution in [2.24, 2.45) is 0 Å². The molecule has 0 aliphatic carbocycles. The van der Waals surface area contributed by atoms with Crippen LogP contribution in [0.15, 0.2) is 102 Å². The van der Waals surface area contributed by atoms with Gasteiger partial charge in [-0.15, -0.1) is 23.1 Å². The van der Waals surface area contributed by atoms with E-state index >= 15 is 0 Å². The molecule has 6 heteroatoms. The zero-order valence-corrected chi connectivity index (χ0v) is 20.3. The van der Waals surface area contributed by atoms with Crippen molar-refractivity contribution < 1.29 is 9.90 Å². The topological polar surface area (TPSA) is 62.2 Å². The number of rotatable bonds is 10. The van der Waals surface area contributed by atoms with Crippen LogP contribution in [0.3, 0.4) is 0 Å². The van der Waals surface area contributed by atoms with Crippen LogP contribution in [0.2, 0.25) is 0 Å². The molecular weight excluding hydrogens is 460 g/mol. The first-order valence-electron chi connectivity index (χ1n) is 11.1. The van der Waals surface area contributed by atoms with E-state index in [2.05, 4.69) is 88.5 Å². The van der Waals surface area contributed by atoms with Crippen LogP contribution in [0.5, 0.6) is 0 Å². The van der Waals surface area contributed by atoms with Gasteiger partial charge in [0.15, 0.2) is 0 Å². The molecule has 0 radical (unpaired) electrons. The summed E-state index contributed by atoms with van der Waals surface area (Å²) in [4.78, 5) is 17.6. The predicted molar refractivity (Wildman–Crippen MR) is 142 cm³/mol. The fourth-order valence-corrected chi connectivity index (χ4v) is 5.82. The molecule has 1 heterocycles. The van der Waals surface area contributed by atoms with E-state index in [0.717, 1.165) is 4.88 Å². The van der Waals surface area contributed by atoms with Gasteiger partial charge in [0.25, 0.3) is 5.91 Å². The highest BCUT2D eigenvalue weighted by molar-refractivity contribution is 8.03. The number of thiazole rings is 1. The van der Waals surface area contributed by atoms with Crippen molar-refractivity contribution in [3.05, 3.63) is 129 Å². The maximum atomic E-state index is 12.5. The normalized spacial score (nSPS) is 11.6. The third-order valence-corrected chi connectivity index (χ3v) is 7.56. The van der Waals surface area contributed by atoms with Crippen molar-refractivity contribution in [2.75, 3.05) is 13.2 Å². The van der Waals surface area contributed by atoms with Crippen LogP contribution in [0.4, 0.5) is 0 Å². The van der Waals surface area contributed by atoms with Crippen LogP contribution in [0.1, 0.15) is 38.5 Å². The van der Waals surface area contributed by atoms with Crippen LogP contribution in [0, 0.1) is 0 Å². The van der Waals surface area contributed by atoms with Crippen LogP contribution in [-0.4, -0.2) is 29.1 Å². The molecule has 4 rings (SSSR count). The standard InChI is InChI=1S/C28H26N2O2S2/c31-19-10-18-29-27(32)26-25(33-21-30-26)17-20-34-28(22-11-4-1-5-12-22,23-13-6-2-7-14-23)24-15-8-3-9-16-24/h1-9,11-17,20-21,31H,10,18-19H2,(H,29,32). The lowest BCUT2D eigenvalue weighted by atomic mass is 9.84. The van der Waals surface area contributed by atoms with E-state index in [1.807, 2.05) is 24.3 Å². The second-order valence-electron chi connectivity index (χ2n) is 7.60. The molecule has 34 heavy (non-hydrogen) atoms. The van der Waals surface area contributed by atoms with E-state index in [9.17, 15) is 4.79 Å². The third kappa shape index (κ3) is 5.30. The van der Waals surface area contributed by atoms with Gasteiger partial charge in [0, 0.05) is 13.2 Å². The monoisotopic (exact) mass is 486 g/mol. The lowest BCUT2D eigenvalue weighted by Gasteiger charge is -2.34. The summed E-state index contributed by atoms with van der Waals surface area (Å²) in [6, 6.07) is 31.5. The minimum Gasteiger partial charge on any atom is -0.396 e. The van der Waals surface area contributed by atoms with Crippen molar-refractivity contribution >= 4 is 35.1 Å². The number of carbonyl (C=O) groups excluding carboxylic acids is 1. The smallest absolute Gasteiger partial charge is 0.271 e. The number of aromatic nitrogens is 1. The molecule has 1 amide bonds. The molecule has 0 aliphatic heterocycles. The Hall–Kier alpha value is -3.19. The van der Waals surface area contributed by atoms with Crippen molar-refractivity contribution in [1.29, 1.82) is 0 Å². The molecule has 2 N–H and O–H groups in total. The average Bonchev–Trinajstić information content (AvgIpc) is 3.37. The zero-order chi connectivity index (χ0) is 23.6. The Morgan fingerprint density at radius 3 is 1.94 bits per heavy atom. The van der Waals surface area contributed by atoms with Crippen molar-refractivity contribution in [3.63, 3.8) is 0 Å². The number of hydrogen-bond acceptors (Lipinski definition) is 5. The molecule has 0 spiro atoms. The van der Waals surface area contributed by atoms with Crippen molar-refractivity contribution in [3.8, 4) is 0 Å². The van der Waals surface area contributed by atoms with E-state index in [0.29, 0.717) is 18.7 Å². The maximum Gasteiger partial charge on any atom is 0.271 e. The summed E-state index contributed by atoms with van der Waals surface area (Å²) < 4.78 is -0.464. The molecule has 0 saturated heterocycles. The number of nitrogens with zero attached hydrogens (tertiary/aromatic N) is 1. The summed E-state index contributed by atoms with van der Waals surface area (Å²) in [5, 5.41) is 13.8. The molecule has 0 bridgehead atoms. The highest BCUT2D eigenvalue weighted by Gasteiger charge is 2.36. The molecule has 4 nitrogen and oxygen atoms in total. The quantitative estimate of drug-likeness (QED) is 0.215. The van der Waals surface area contributed by atoms with Gasteiger partial charge in [-0.1, -0.05) is 91.0 Å². The summed E-state index contributed by atoms with van der Waals surface area (Å²) in [7, 11) is 0. The van der Waals surface area contributed by atoms with Crippen molar-refractivity contribution in [2.45, 2.75) is 11.2 Å². The van der Waals surface area contributed by atoms with Gasteiger partial charge in [-0.2, -0.15) is 0 Å². The number of nitrogens with one attached hydrogen (secondary N) is 1. The molecule has 0 atom stereocenters. The van der Waals surface area contributed by atoms with Gasteiger partial charge in [-0.3, -0.25) is 4.79 Å². The predicted octanol–water partition coefficient (Wildman–Crippen LogP) is 5.95. The van der Waals surface area contributed by atoms with Crippen LogP contribution >= 0.6 is 23.1 Å². The van der Waals surface area contributed by atoms with Gasteiger partial charge in [0.05, 0.1) is 15.1 Å². The lowest BCUT2D eigenvalue weighted by molar-refractivity contribution is 0.0946. The zero-order valence-electron chi connectivity index (χ0n) is 18.6. The van der Waals surface area contributed by atoms with E-state index in [4.69, 9.17) is 5.11 Å². The number of benzene rings is 3. The molecule has 0 unspecified atom stereocenters. The SMILES string of the molecule is O=C(NCCCO)c1ncsc1C=CSC(c1ccccc1)(c1ccccc1)c1ccccc1. The largest absolute Gasteiger partial charge is 0.396 e. The van der Waals surface area contributed by atoms with Gasteiger partial charge < -0.3 is 10.4 Å². The fraction of sp³-hybridized carbons (Fsp3) is 0.143. The summed E-state index contributed by atoms with van der Waals surface area (Å²) >= 11 is 3.14. The van der Waals surface area contributed by atoms with Crippen LogP contribution in [0.25, 0.3) is 6.08 Å². The average molecular weight is 487 g/mol. The molecule has 4 aromatic rings. The Balaban J connectivity index is 1.72. The number of aliphatic hydroxyl groups excluding tert-OH is 1. The van der Waals surface area contributed by atoms with Gasteiger partial charge >= 0.3 is 0 Å². The number of carbonyl (C=O) groups is 1. The van der Waals surface area contributed by atoms with Gasteiger partial charge in [0.1, 0.15) is 5.69 Å². The minimum atomic E-state index is -0.464. The summed E-state index contributed by atoms with van der Waals surface area (Å²) in [5.74, 6) is -0.222.